The highest BCUT2D eigenvalue weighted by Gasteiger charge is 2.14. The Kier molecular flexibility index (Phi) is 8.26. The Hall–Kier alpha value is -2.41. The minimum absolute atomic E-state index is 0.0182. The molecule has 2 N–H and O–H groups in total. The smallest absolute Gasteiger partial charge is 0.240 e. The lowest BCUT2D eigenvalue weighted by Gasteiger charge is -2.11. The van der Waals surface area contributed by atoms with Crippen molar-refractivity contribution in [2.24, 2.45) is 5.92 Å². The van der Waals surface area contributed by atoms with Gasteiger partial charge in [0.1, 0.15) is 12.4 Å². The van der Waals surface area contributed by atoms with E-state index in [1.54, 1.807) is 0 Å². The molecule has 148 valence electrons. The summed E-state index contributed by atoms with van der Waals surface area (Å²) in [6.07, 6.45) is 1.36. The summed E-state index contributed by atoms with van der Waals surface area (Å²) < 4.78 is 7.20. The standard InChI is InChI=1S/C20H30N4O3/c1-4-27-13-7-11-21-19(25)14-24-17-9-6-5-8-16(17)23-18(24)10-12-22-20(26)15(2)3/h5-6,8-9,15H,4,7,10-14H2,1-3H3,(H,21,25)(H,22,26). The van der Waals surface area contributed by atoms with E-state index in [0.717, 1.165) is 23.3 Å². The van der Waals surface area contributed by atoms with E-state index < -0.39 is 0 Å². The van der Waals surface area contributed by atoms with Crippen LogP contribution in [0, 0.1) is 5.92 Å². The molecule has 0 spiro atoms. The molecule has 0 atom stereocenters. The van der Waals surface area contributed by atoms with E-state index in [1.165, 1.54) is 0 Å². The number of nitrogens with one attached hydrogen (secondary N) is 2. The van der Waals surface area contributed by atoms with Gasteiger partial charge in [-0.15, -0.1) is 0 Å². The molecular formula is C20H30N4O3. The molecule has 2 amide bonds. The minimum Gasteiger partial charge on any atom is -0.382 e. The van der Waals surface area contributed by atoms with E-state index in [4.69, 9.17) is 4.74 Å². The molecule has 1 heterocycles. The maximum atomic E-state index is 12.3. The molecule has 27 heavy (non-hydrogen) atoms. The third kappa shape index (κ3) is 6.36. The van der Waals surface area contributed by atoms with Gasteiger partial charge in [0, 0.05) is 38.6 Å². The first-order valence-electron chi connectivity index (χ1n) is 9.59. The van der Waals surface area contributed by atoms with E-state index in [2.05, 4.69) is 15.6 Å². The van der Waals surface area contributed by atoms with Crippen LogP contribution in [0.4, 0.5) is 0 Å². The van der Waals surface area contributed by atoms with E-state index in [-0.39, 0.29) is 24.3 Å². The normalized spacial score (nSPS) is 11.1. The van der Waals surface area contributed by atoms with Gasteiger partial charge in [-0.25, -0.2) is 4.98 Å². The topological polar surface area (TPSA) is 85.2 Å². The number of hydrogen-bond donors (Lipinski definition) is 2. The predicted octanol–water partition coefficient (Wildman–Crippen LogP) is 1.89. The van der Waals surface area contributed by atoms with Crippen LogP contribution in [-0.4, -0.2) is 47.7 Å². The summed E-state index contributed by atoms with van der Waals surface area (Å²) in [6, 6.07) is 7.76. The first-order valence-corrected chi connectivity index (χ1v) is 9.59. The van der Waals surface area contributed by atoms with Crippen molar-refractivity contribution in [3.63, 3.8) is 0 Å². The van der Waals surface area contributed by atoms with Crippen molar-refractivity contribution < 1.29 is 14.3 Å². The van der Waals surface area contributed by atoms with Crippen molar-refractivity contribution in [2.75, 3.05) is 26.3 Å². The summed E-state index contributed by atoms with van der Waals surface area (Å²) in [5.41, 5.74) is 1.78. The lowest BCUT2D eigenvalue weighted by molar-refractivity contribution is -0.124. The predicted molar refractivity (Wildman–Crippen MR) is 105 cm³/mol. The van der Waals surface area contributed by atoms with E-state index >= 15 is 0 Å². The van der Waals surface area contributed by atoms with Crippen molar-refractivity contribution in [2.45, 2.75) is 40.2 Å². The first kappa shape index (κ1) is 20.9. The van der Waals surface area contributed by atoms with Gasteiger partial charge in [-0.05, 0) is 25.5 Å². The number of carbonyl (C=O) groups excluding carboxylic acids is 2. The van der Waals surface area contributed by atoms with E-state index in [0.29, 0.717) is 32.7 Å². The van der Waals surface area contributed by atoms with Gasteiger partial charge in [-0.1, -0.05) is 26.0 Å². The maximum absolute atomic E-state index is 12.3. The molecule has 1 aromatic heterocycles. The van der Waals surface area contributed by atoms with Gasteiger partial charge < -0.3 is 19.9 Å². The SMILES string of the molecule is CCOCCCNC(=O)Cn1c(CCNC(=O)C(C)C)nc2ccccc21. The molecule has 7 nitrogen and oxygen atoms in total. The average Bonchev–Trinajstić information content (AvgIpc) is 2.99. The van der Waals surface area contributed by atoms with Crippen molar-refractivity contribution in [1.82, 2.24) is 20.2 Å². The summed E-state index contributed by atoms with van der Waals surface area (Å²) >= 11 is 0. The number of fused-ring (bicyclic) bond motifs is 1. The highest BCUT2D eigenvalue weighted by Crippen LogP contribution is 2.16. The molecule has 0 fully saturated rings. The van der Waals surface area contributed by atoms with Gasteiger partial charge >= 0.3 is 0 Å². The summed E-state index contributed by atoms with van der Waals surface area (Å²) in [6.45, 7) is 8.30. The van der Waals surface area contributed by atoms with Crippen LogP contribution < -0.4 is 10.6 Å². The molecule has 0 aliphatic rings. The highest BCUT2D eigenvalue weighted by atomic mass is 16.5. The Labute approximate surface area is 160 Å². The molecule has 0 saturated carbocycles. The monoisotopic (exact) mass is 374 g/mol. The van der Waals surface area contributed by atoms with Gasteiger partial charge in [0.2, 0.25) is 11.8 Å². The Morgan fingerprint density at radius 2 is 1.96 bits per heavy atom. The molecule has 0 aliphatic carbocycles. The van der Waals surface area contributed by atoms with Crippen LogP contribution in [0.3, 0.4) is 0 Å². The number of hydrogen-bond acceptors (Lipinski definition) is 4. The molecule has 1 aromatic carbocycles. The second kappa shape index (κ2) is 10.7. The quantitative estimate of drug-likeness (QED) is 0.588. The van der Waals surface area contributed by atoms with Gasteiger partial charge in [-0.3, -0.25) is 9.59 Å². The molecular weight excluding hydrogens is 344 g/mol. The Morgan fingerprint density at radius 3 is 2.70 bits per heavy atom. The molecule has 7 heteroatoms. The molecule has 2 rings (SSSR count). The lowest BCUT2D eigenvalue weighted by atomic mass is 10.2. The van der Waals surface area contributed by atoms with Crippen LogP contribution >= 0.6 is 0 Å². The second-order valence-electron chi connectivity index (χ2n) is 6.70. The Morgan fingerprint density at radius 1 is 1.19 bits per heavy atom. The van der Waals surface area contributed by atoms with Gasteiger partial charge in [0.05, 0.1) is 11.0 Å². The number of benzene rings is 1. The fraction of sp³-hybridized carbons (Fsp3) is 0.550. The number of amides is 2. The molecule has 0 radical (unpaired) electrons. The number of rotatable bonds is 11. The number of aromatic nitrogens is 2. The summed E-state index contributed by atoms with van der Waals surface area (Å²) in [7, 11) is 0. The van der Waals surface area contributed by atoms with Gasteiger partial charge in [0.15, 0.2) is 0 Å². The van der Waals surface area contributed by atoms with E-state index in [1.807, 2.05) is 49.6 Å². The third-order valence-corrected chi connectivity index (χ3v) is 4.20. The average molecular weight is 374 g/mol. The van der Waals surface area contributed by atoms with Crippen molar-refractivity contribution >= 4 is 22.8 Å². The van der Waals surface area contributed by atoms with E-state index in [9.17, 15) is 9.59 Å². The molecule has 0 saturated heterocycles. The molecule has 0 bridgehead atoms. The van der Waals surface area contributed by atoms with Gasteiger partial charge in [-0.2, -0.15) is 0 Å². The molecule has 2 aromatic rings. The Balaban J connectivity index is 2.00. The summed E-state index contributed by atoms with van der Waals surface area (Å²) in [4.78, 5) is 28.7. The molecule has 0 aliphatic heterocycles. The number of imidazole rings is 1. The van der Waals surface area contributed by atoms with Crippen LogP contribution in [-0.2, 0) is 27.3 Å². The van der Waals surface area contributed by atoms with Crippen molar-refractivity contribution in [1.29, 1.82) is 0 Å². The number of para-hydroxylation sites is 2. The van der Waals surface area contributed by atoms with Crippen LogP contribution in [0.2, 0.25) is 0 Å². The first-order chi connectivity index (χ1) is 13.0. The third-order valence-electron chi connectivity index (χ3n) is 4.20. The molecule has 0 unspecified atom stereocenters. The van der Waals surface area contributed by atoms with Crippen LogP contribution in [0.25, 0.3) is 11.0 Å². The fourth-order valence-electron chi connectivity index (χ4n) is 2.74. The van der Waals surface area contributed by atoms with Crippen LogP contribution in [0.15, 0.2) is 24.3 Å². The minimum atomic E-state index is -0.0536. The number of nitrogens with zero attached hydrogens (tertiary/aromatic N) is 2. The second-order valence-corrected chi connectivity index (χ2v) is 6.70. The zero-order chi connectivity index (χ0) is 19.6. The summed E-state index contributed by atoms with van der Waals surface area (Å²) in [5.74, 6) is 0.711. The highest BCUT2D eigenvalue weighted by molar-refractivity contribution is 5.81. The van der Waals surface area contributed by atoms with Crippen LogP contribution in [0.1, 0.15) is 33.0 Å². The number of carbonyl (C=O) groups is 2. The lowest BCUT2D eigenvalue weighted by Crippen LogP contribution is -2.31. The van der Waals surface area contributed by atoms with Gasteiger partial charge in [0.25, 0.3) is 0 Å². The largest absolute Gasteiger partial charge is 0.382 e. The van der Waals surface area contributed by atoms with Crippen molar-refractivity contribution in [3.8, 4) is 0 Å². The Bertz CT molecular complexity index is 755. The zero-order valence-electron chi connectivity index (χ0n) is 16.5. The van der Waals surface area contributed by atoms with Crippen LogP contribution in [0.5, 0.6) is 0 Å². The summed E-state index contributed by atoms with van der Waals surface area (Å²) in [5, 5.41) is 5.83. The van der Waals surface area contributed by atoms with Crippen molar-refractivity contribution in [3.05, 3.63) is 30.1 Å². The zero-order valence-corrected chi connectivity index (χ0v) is 16.5. The maximum Gasteiger partial charge on any atom is 0.240 e. The fourth-order valence-corrected chi connectivity index (χ4v) is 2.74. The number of ether oxygens (including phenoxy) is 1.